The van der Waals surface area contributed by atoms with E-state index in [1.807, 2.05) is 24.7 Å². The first kappa shape index (κ1) is 10.5. The molecule has 0 radical (unpaired) electrons. The Morgan fingerprint density at radius 1 is 1.35 bits per heavy atom. The SMILES string of the molecule is Cc1cnn(C2CN(Cc3cccnc3)C2)c1. The molecule has 0 saturated carbocycles. The molecule has 0 aromatic carbocycles. The van der Waals surface area contributed by atoms with Crippen LogP contribution in [0, 0.1) is 6.92 Å². The first-order chi connectivity index (χ1) is 8.31. The largest absolute Gasteiger partial charge is 0.295 e. The normalized spacial score (nSPS) is 17.0. The van der Waals surface area contributed by atoms with Gasteiger partial charge in [-0.25, -0.2) is 0 Å². The maximum Gasteiger partial charge on any atom is 0.0773 e. The zero-order chi connectivity index (χ0) is 11.7. The minimum absolute atomic E-state index is 0.542. The van der Waals surface area contributed by atoms with E-state index in [9.17, 15) is 0 Å². The molecule has 1 saturated heterocycles. The fourth-order valence-corrected chi connectivity index (χ4v) is 2.22. The van der Waals surface area contributed by atoms with Crippen LogP contribution in [-0.2, 0) is 6.54 Å². The first-order valence-electron chi connectivity index (χ1n) is 5.93. The van der Waals surface area contributed by atoms with Crippen LogP contribution in [0.5, 0.6) is 0 Å². The van der Waals surface area contributed by atoms with Crippen molar-refractivity contribution in [3.05, 3.63) is 48.0 Å². The molecule has 1 aliphatic rings. The molecule has 1 fully saturated rings. The molecule has 0 aliphatic carbocycles. The van der Waals surface area contributed by atoms with Gasteiger partial charge < -0.3 is 0 Å². The van der Waals surface area contributed by atoms with Gasteiger partial charge in [-0.15, -0.1) is 0 Å². The minimum atomic E-state index is 0.542. The highest BCUT2D eigenvalue weighted by Crippen LogP contribution is 2.22. The summed E-state index contributed by atoms with van der Waals surface area (Å²) in [4.78, 5) is 6.55. The summed E-state index contributed by atoms with van der Waals surface area (Å²) < 4.78 is 2.08. The second kappa shape index (κ2) is 4.30. The number of hydrogen-bond donors (Lipinski definition) is 0. The van der Waals surface area contributed by atoms with Gasteiger partial charge in [-0.3, -0.25) is 14.6 Å². The molecule has 0 N–H and O–H groups in total. The summed E-state index contributed by atoms with van der Waals surface area (Å²) in [6, 6.07) is 4.65. The van der Waals surface area contributed by atoms with Gasteiger partial charge in [-0.1, -0.05) is 6.07 Å². The molecule has 1 aliphatic heterocycles. The van der Waals surface area contributed by atoms with Crippen LogP contribution in [0.2, 0.25) is 0 Å². The van der Waals surface area contributed by atoms with Gasteiger partial charge in [0.05, 0.1) is 12.2 Å². The number of pyridine rings is 1. The molecule has 3 rings (SSSR count). The molecule has 0 spiro atoms. The van der Waals surface area contributed by atoms with Crippen molar-refractivity contribution in [2.75, 3.05) is 13.1 Å². The van der Waals surface area contributed by atoms with Crippen molar-refractivity contribution in [2.45, 2.75) is 19.5 Å². The number of nitrogens with zero attached hydrogens (tertiary/aromatic N) is 4. The van der Waals surface area contributed by atoms with E-state index in [4.69, 9.17) is 0 Å². The lowest BCUT2D eigenvalue weighted by Gasteiger charge is -2.39. The number of hydrogen-bond acceptors (Lipinski definition) is 3. The van der Waals surface area contributed by atoms with E-state index >= 15 is 0 Å². The second-order valence-corrected chi connectivity index (χ2v) is 4.71. The third-order valence-electron chi connectivity index (χ3n) is 3.17. The summed E-state index contributed by atoms with van der Waals surface area (Å²) in [5.74, 6) is 0. The zero-order valence-electron chi connectivity index (χ0n) is 9.95. The lowest BCUT2D eigenvalue weighted by Crippen LogP contribution is -2.47. The van der Waals surface area contributed by atoms with E-state index in [1.54, 1.807) is 0 Å². The highest BCUT2D eigenvalue weighted by Gasteiger charge is 2.28. The third kappa shape index (κ3) is 2.22. The van der Waals surface area contributed by atoms with Crippen molar-refractivity contribution in [3.8, 4) is 0 Å². The quantitative estimate of drug-likeness (QED) is 0.801. The van der Waals surface area contributed by atoms with Gasteiger partial charge in [-0.05, 0) is 24.1 Å². The molecule has 4 nitrogen and oxygen atoms in total. The van der Waals surface area contributed by atoms with Gasteiger partial charge in [-0.2, -0.15) is 5.10 Å². The van der Waals surface area contributed by atoms with Crippen LogP contribution >= 0.6 is 0 Å². The Morgan fingerprint density at radius 2 is 2.24 bits per heavy atom. The van der Waals surface area contributed by atoms with E-state index in [1.165, 1.54) is 11.1 Å². The summed E-state index contributed by atoms with van der Waals surface area (Å²) in [5, 5.41) is 4.36. The number of rotatable bonds is 3. The number of likely N-dealkylation sites (tertiary alicyclic amines) is 1. The maximum atomic E-state index is 4.36. The Hall–Kier alpha value is -1.68. The monoisotopic (exact) mass is 228 g/mol. The molecular weight excluding hydrogens is 212 g/mol. The summed E-state index contributed by atoms with van der Waals surface area (Å²) in [5.41, 5.74) is 2.51. The molecule has 0 bridgehead atoms. The Kier molecular flexibility index (Phi) is 2.65. The van der Waals surface area contributed by atoms with Gasteiger partial charge >= 0.3 is 0 Å². The van der Waals surface area contributed by atoms with Gasteiger partial charge in [0.2, 0.25) is 0 Å². The van der Waals surface area contributed by atoms with Gasteiger partial charge in [0.25, 0.3) is 0 Å². The van der Waals surface area contributed by atoms with Crippen LogP contribution in [0.4, 0.5) is 0 Å². The highest BCUT2D eigenvalue weighted by molar-refractivity contribution is 5.09. The maximum absolute atomic E-state index is 4.36. The molecule has 4 heteroatoms. The molecule has 2 aromatic rings. The van der Waals surface area contributed by atoms with E-state index in [-0.39, 0.29) is 0 Å². The van der Waals surface area contributed by atoms with Gasteiger partial charge in [0.1, 0.15) is 0 Å². The smallest absolute Gasteiger partial charge is 0.0773 e. The topological polar surface area (TPSA) is 34.0 Å². The number of aryl methyl sites for hydroxylation is 1. The van der Waals surface area contributed by atoms with E-state index in [0.717, 1.165) is 19.6 Å². The van der Waals surface area contributed by atoms with Crippen molar-refractivity contribution in [2.24, 2.45) is 0 Å². The van der Waals surface area contributed by atoms with Crippen LogP contribution in [-0.4, -0.2) is 32.8 Å². The fraction of sp³-hybridized carbons (Fsp3) is 0.385. The van der Waals surface area contributed by atoms with Crippen LogP contribution in [0.3, 0.4) is 0 Å². The Balaban J connectivity index is 1.55. The summed E-state index contributed by atoms with van der Waals surface area (Å²) >= 11 is 0. The first-order valence-corrected chi connectivity index (χ1v) is 5.93. The molecule has 0 atom stereocenters. The predicted molar refractivity (Wildman–Crippen MR) is 65.5 cm³/mol. The number of aromatic nitrogens is 3. The van der Waals surface area contributed by atoms with Crippen LogP contribution < -0.4 is 0 Å². The molecule has 17 heavy (non-hydrogen) atoms. The fourth-order valence-electron chi connectivity index (χ4n) is 2.22. The van der Waals surface area contributed by atoms with E-state index < -0.39 is 0 Å². The van der Waals surface area contributed by atoms with Crippen molar-refractivity contribution in [1.82, 2.24) is 19.7 Å². The molecule has 2 aromatic heterocycles. The summed E-state index contributed by atoms with van der Waals surface area (Å²) in [6.45, 7) is 5.23. The molecular formula is C13H16N4. The van der Waals surface area contributed by atoms with Crippen molar-refractivity contribution >= 4 is 0 Å². The zero-order valence-corrected chi connectivity index (χ0v) is 9.95. The lowest BCUT2D eigenvalue weighted by molar-refractivity contribution is 0.0908. The van der Waals surface area contributed by atoms with Gasteiger partial charge in [0.15, 0.2) is 0 Å². The second-order valence-electron chi connectivity index (χ2n) is 4.71. The predicted octanol–water partition coefficient (Wildman–Crippen LogP) is 1.64. The van der Waals surface area contributed by atoms with Crippen molar-refractivity contribution in [3.63, 3.8) is 0 Å². The summed E-state index contributed by atoms with van der Waals surface area (Å²) in [7, 11) is 0. The molecule has 3 heterocycles. The molecule has 0 amide bonds. The van der Waals surface area contributed by atoms with Crippen LogP contribution in [0.1, 0.15) is 17.2 Å². The average Bonchev–Trinajstić information content (AvgIpc) is 2.71. The highest BCUT2D eigenvalue weighted by atomic mass is 15.4. The van der Waals surface area contributed by atoms with Crippen molar-refractivity contribution in [1.29, 1.82) is 0 Å². The van der Waals surface area contributed by atoms with Crippen LogP contribution in [0.15, 0.2) is 36.9 Å². The average molecular weight is 228 g/mol. The Bertz CT molecular complexity index is 485. The summed E-state index contributed by atoms with van der Waals surface area (Å²) in [6.07, 6.45) is 7.79. The Labute approximate surface area is 101 Å². The third-order valence-corrected chi connectivity index (χ3v) is 3.17. The van der Waals surface area contributed by atoms with E-state index in [2.05, 4.69) is 38.9 Å². The van der Waals surface area contributed by atoms with E-state index in [0.29, 0.717) is 6.04 Å². The molecule has 88 valence electrons. The molecule has 0 unspecified atom stereocenters. The lowest BCUT2D eigenvalue weighted by atomic mass is 10.1. The Morgan fingerprint density at radius 3 is 2.88 bits per heavy atom. The standard InChI is InChI=1S/C13H16N4/c1-11-5-15-17(7-11)13-9-16(10-13)8-12-3-2-4-14-6-12/h2-7,13H,8-10H2,1H3. The minimum Gasteiger partial charge on any atom is -0.295 e. The van der Waals surface area contributed by atoms with Gasteiger partial charge in [0, 0.05) is 38.2 Å². The van der Waals surface area contributed by atoms with Crippen LogP contribution in [0.25, 0.3) is 0 Å². The van der Waals surface area contributed by atoms with Crippen molar-refractivity contribution < 1.29 is 0 Å².